The first kappa shape index (κ1) is 17.4. The van der Waals surface area contributed by atoms with Crippen LogP contribution in [0.15, 0.2) is 12.1 Å². The highest BCUT2D eigenvalue weighted by molar-refractivity contribution is 6.31. The van der Waals surface area contributed by atoms with Crippen molar-refractivity contribution in [2.75, 3.05) is 0 Å². The zero-order valence-electron chi connectivity index (χ0n) is 12.1. The number of benzene rings is 1. The second-order valence-corrected chi connectivity index (χ2v) is 6.10. The van der Waals surface area contributed by atoms with Crippen molar-refractivity contribution in [3.63, 3.8) is 0 Å². The van der Waals surface area contributed by atoms with E-state index in [4.69, 9.17) is 16.3 Å². The van der Waals surface area contributed by atoms with Crippen molar-refractivity contribution < 1.29 is 23.1 Å². The fourth-order valence-electron chi connectivity index (χ4n) is 1.60. The predicted octanol–water partition coefficient (Wildman–Crippen LogP) is 3.56. The van der Waals surface area contributed by atoms with E-state index < -0.39 is 28.9 Å². The van der Waals surface area contributed by atoms with Gasteiger partial charge in [-0.25, -0.2) is 13.6 Å². The Morgan fingerprint density at radius 2 is 1.76 bits per heavy atom. The van der Waals surface area contributed by atoms with Crippen LogP contribution in [0.3, 0.4) is 0 Å². The molecule has 1 N–H and O–H groups in total. The number of amides is 1. The van der Waals surface area contributed by atoms with Crippen LogP contribution in [0.4, 0.5) is 13.6 Å². The second kappa shape index (κ2) is 5.97. The summed E-state index contributed by atoms with van der Waals surface area (Å²) in [6.45, 7) is 6.25. The molecule has 0 aliphatic carbocycles. The Hall–Kier alpha value is -1.69. The van der Waals surface area contributed by atoms with Crippen molar-refractivity contribution in [2.24, 2.45) is 0 Å². The van der Waals surface area contributed by atoms with Gasteiger partial charge in [0.05, 0.1) is 0 Å². The largest absolute Gasteiger partial charge is 0.444 e. The average Bonchev–Trinajstić information content (AvgIpc) is 2.31. The summed E-state index contributed by atoms with van der Waals surface area (Å²) in [7, 11) is 0. The number of carbonyl (C=O) groups is 2. The van der Waals surface area contributed by atoms with Gasteiger partial charge in [-0.15, -0.1) is 0 Å². The minimum Gasteiger partial charge on any atom is -0.444 e. The molecule has 1 amide bonds. The van der Waals surface area contributed by atoms with Crippen LogP contribution in [0, 0.1) is 11.6 Å². The van der Waals surface area contributed by atoms with Gasteiger partial charge >= 0.3 is 6.09 Å². The normalized spacial score (nSPS) is 14.2. The fourth-order valence-corrected chi connectivity index (χ4v) is 1.94. The first-order valence-electron chi connectivity index (χ1n) is 6.11. The van der Waals surface area contributed by atoms with E-state index in [0.717, 1.165) is 12.1 Å². The van der Waals surface area contributed by atoms with Crippen LogP contribution in [0.25, 0.3) is 0 Å². The van der Waals surface area contributed by atoms with Gasteiger partial charge in [0, 0.05) is 10.6 Å². The highest BCUT2D eigenvalue weighted by Gasteiger charge is 2.33. The van der Waals surface area contributed by atoms with Crippen LogP contribution in [0.1, 0.15) is 33.3 Å². The Morgan fingerprint density at radius 1 is 1.24 bits per heavy atom. The molecule has 4 nitrogen and oxygen atoms in total. The lowest BCUT2D eigenvalue weighted by Crippen LogP contribution is -2.47. The summed E-state index contributed by atoms with van der Waals surface area (Å²) in [6.07, 6.45) is -0.506. The second-order valence-electron chi connectivity index (χ2n) is 5.69. The van der Waals surface area contributed by atoms with E-state index in [-0.39, 0.29) is 10.6 Å². The first-order chi connectivity index (χ1) is 9.48. The summed E-state index contributed by atoms with van der Waals surface area (Å²) >= 11 is 5.82. The van der Waals surface area contributed by atoms with Crippen LogP contribution < -0.4 is 5.32 Å². The van der Waals surface area contributed by atoms with Crippen LogP contribution >= 0.6 is 11.6 Å². The molecule has 21 heavy (non-hydrogen) atoms. The number of hydrogen-bond acceptors (Lipinski definition) is 3. The van der Waals surface area contributed by atoms with Gasteiger partial charge in [0.25, 0.3) is 0 Å². The highest BCUT2D eigenvalue weighted by atomic mass is 35.5. The molecule has 1 aromatic rings. The molecule has 0 spiro atoms. The molecule has 1 unspecified atom stereocenters. The molecular formula is C14H16ClF2NO3. The van der Waals surface area contributed by atoms with Crippen molar-refractivity contribution in [1.82, 2.24) is 5.32 Å². The maximum absolute atomic E-state index is 13.3. The Balaban J connectivity index is 3.13. The number of nitrogens with one attached hydrogen (secondary N) is 1. The van der Waals surface area contributed by atoms with Crippen LogP contribution in [0.2, 0.25) is 5.02 Å². The monoisotopic (exact) mass is 319 g/mol. The first-order valence-corrected chi connectivity index (χ1v) is 6.49. The summed E-state index contributed by atoms with van der Waals surface area (Å²) in [4.78, 5) is 23.1. The van der Waals surface area contributed by atoms with Gasteiger partial charge in [0.1, 0.15) is 17.4 Å². The van der Waals surface area contributed by atoms with Crippen molar-refractivity contribution in [2.45, 2.75) is 38.8 Å². The number of rotatable bonds is 3. The molecule has 0 radical (unpaired) electrons. The molecule has 0 aromatic heterocycles. The number of alkyl carbamates (subject to hydrolysis) is 1. The van der Waals surface area contributed by atoms with Gasteiger partial charge in [-0.05, 0) is 39.8 Å². The van der Waals surface area contributed by atoms with Crippen molar-refractivity contribution >= 4 is 24.0 Å². The SMILES string of the molecule is CC(C)(C)OC(=O)NC(C)(C=O)c1cc(F)c(F)cc1Cl. The molecular weight excluding hydrogens is 304 g/mol. The molecule has 0 saturated carbocycles. The van der Waals surface area contributed by atoms with Gasteiger partial charge in [-0.1, -0.05) is 11.6 Å². The van der Waals surface area contributed by atoms with Gasteiger partial charge < -0.3 is 14.8 Å². The van der Waals surface area contributed by atoms with Crippen molar-refractivity contribution in [3.8, 4) is 0 Å². The highest BCUT2D eigenvalue weighted by Crippen LogP contribution is 2.29. The molecule has 7 heteroatoms. The summed E-state index contributed by atoms with van der Waals surface area (Å²) in [5.74, 6) is -2.32. The standard InChI is InChI=1S/C14H16ClF2NO3/c1-13(2,3)21-12(20)18-14(4,7-19)8-5-10(16)11(17)6-9(8)15/h5-7H,1-4H3,(H,18,20). The number of hydrogen-bond donors (Lipinski definition) is 1. The van der Waals surface area contributed by atoms with E-state index in [1.165, 1.54) is 6.92 Å². The summed E-state index contributed by atoms with van der Waals surface area (Å²) < 4.78 is 31.4. The smallest absolute Gasteiger partial charge is 0.408 e. The lowest BCUT2D eigenvalue weighted by Gasteiger charge is -2.28. The van der Waals surface area contributed by atoms with Gasteiger partial charge in [-0.3, -0.25) is 0 Å². The van der Waals surface area contributed by atoms with E-state index in [0.29, 0.717) is 6.29 Å². The minimum atomic E-state index is -1.64. The molecule has 0 bridgehead atoms. The third kappa shape index (κ3) is 4.39. The van der Waals surface area contributed by atoms with Crippen LogP contribution in [0.5, 0.6) is 0 Å². The summed E-state index contributed by atoms with van der Waals surface area (Å²) in [6, 6.07) is 1.51. The Labute approximate surface area is 126 Å². The molecule has 1 aromatic carbocycles. The summed E-state index contributed by atoms with van der Waals surface area (Å²) in [5.41, 5.74) is -2.48. The molecule has 0 fully saturated rings. The lowest BCUT2D eigenvalue weighted by molar-refractivity contribution is -0.113. The zero-order valence-corrected chi connectivity index (χ0v) is 12.8. The molecule has 1 atom stereocenters. The third-order valence-electron chi connectivity index (χ3n) is 2.57. The van der Waals surface area contributed by atoms with Gasteiger partial charge in [0.2, 0.25) is 0 Å². The number of aldehydes is 1. The molecule has 116 valence electrons. The lowest BCUT2D eigenvalue weighted by atomic mass is 9.93. The Morgan fingerprint density at radius 3 is 2.24 bits per heavy atom. The fraction of sp³-hybridized carbons (Fsp3) is 0.429. The number of halogens is 3. The van der Waals surface area contributed by atoms with Crippen LogP contribution in [-0.2, 0) is 15.1 Å². The van der Waals surface area contributed by atoms with E-state index in [2.05, 4.69) is 5.32 Å². The summed E-state index contributed by atoms with van der Waals surface area (Å²) in [5, 5.41) is 2.12. The average molecular weight is 320 g/mol. The van der Waals surface area contributed by atoms with E-state index in [1.807, 2.05) is 0 Å². The molecule has 1 rings (SSSR count). The van der Waals surface area contributed by atoms with Crippen molar-refractivity contribution in [3.05, 3.63) is 34.4 Å². The maximum atomic E-state index is 13.3. The number of ether oxygens (including phenoxy) is 1. The number of carbonyl (C=O) groups excluding carboxylic acids is 2. The molecule has 0 aliphatic rings. The molecule has 0 aliphatic heterocycles. The van der Waals surface area contributed by atoms with E-state index in [1.54, 1.807) is 20.8 Å². The molecule has 0 saturated heterocycles. The van der Waals surface area contributed by atoms with Crippen molar-refractivity contribution in [1.29, 1.82) is 0 Å². The predicted molar refractivity (Wildman–Crippen MR) is 74.2 cm³/mol. The van der Waals surface area contributed by atoms with Gasteiger partial charge in [0.15, 0.2) is 11.6 Å². The minimum absolute atomic E-state index is 0.0658. The van der Waals surface area contributed by atoms with E-state index >= 15 is 0 Å². The zero-order chi connectivity index (χ0) is 16.4. The van der Waals surface area contributed by atoms with Crippen LogP contribution in [-0.4, -0.2) is 18.0 Å². The topological polar surface area (TPSA) is 55.4 Å². The Bertz CT molecular complexity index is 572. The van der Waals surface area contributed by atoms with E-state index in [9.17, 15) is 18.4 Å². The van der Waals surface area contributed by atoms with Gasteiger partial charge in [-0.2, -0.15) is 0 Å². The third-order valence-corrected chi connectivity index (χ3v) is 2.88. The maximum Gasteiger partial charge on any atom is 0.408 e. The molecule has 0 heterocycles. The quantitative estimate of drug-likeness (QED) is 0.684. The Kier molecular flexibility index (Phi) is 4.94.